The molecule has 1 aliphatic heterocycles. The van der Waals surface area contributed by atoms with Crippen molar-refractivity contribution in [2.45, 2.75) is 25.0 Å². The number of hydrogen-bond acceptors (Lipinski definition) is 2. The van der Waals surface area contributed by atoms with Crippen molar-refractivity contribution in [3.8, 4) is 0 Å². The zero-order chi connectivity index (χ0) is 6.97. The Bertz CT molecular complexity index is 141. The van der Waals surface area contributed by atoms with Gasteiger partial charge in [-0.25, -0.2) is 0 Å². The Balaban J connectivity index is 1.80. The average Bonchev–Trinajstić information content (AvgIpc) is 2.31. The molecule has 0 aromatic heterocycles. The molecule has 1 N–H and O–H groups in total. The van der Waals surface area contributed by atoms with Gasteiger partial charge in [-0.2, -0.15) is 0 Å². The van der Waals surface area contributed by atoms with Gasteiger partial charge in [0.25, 0.3) is 0 Å². The van der Waals surface area contributed by atoms with Crippen LogP contribution in [0.1, 0.15) is 12.8 Å². The molecule has 0 atom stereocenters. The monoisotopic (exact) mass is 139 g/mol. The van der Waals surface area contributed by atoms with Gasteiger partial charge in [0.15, 0.2) is 0 Å². The summed E-state index contributed by atoms with van der Waals surface area (Å²) in [6, 6.07) is 0.671. The van der Waals surface area contributed by atoms with Crippen molar-refractivity contribution >= 4 is 0 Å². The lowest BCUT2D eigenvalue weighted by Gasteiger charge is -2.38. The van der Waals surface area contributed by atoms with Crippen LogP contribution in [0.15, 0.2) is 12.2 Å². The molecular weight excluding hydrogens is 126 g/mol. The number of aliphatic hydroxyl groups is 1. The van der Waals surface area contributed by atoms with Gasteiger partial charge in [-0.1, -0.05) is 12.2 Å². The van der Waals surface area contributed by atoms with E-state index in [0.717, 1.165) is 25.9 Å². The predicted octanol–water partition coefficient (Wildman–Crippen LogP) is 0.382. The summed E-state index contributed by atoms with van der Waals surface area (Å²) in [6.45, 7) is 2.19. The Morgan fingerprint density at radius 1 is 1.20 bits per heavy atom. The van der Waals surface area contributed by atoms with Crippen molar-refractivity contribution < 1.29 is 5.11 Å². The van der Waals surface area contributed by atoms with Gasteiger partial charge >= 0.3 is 0 Å². The van der Waals surface area contributed by atoms with E-state index in [2.05, 4.69) is 17.1 Å². The van der Waals surface area contributed by atoms with Crippen LogP contribution in [0.25, 0.3) is 0 Å². The molecule has 2 nitrogen and oxygen atoms in total. The third kappa shape index (κ3) is 0.976. The zero-order valence-electron chi connectivity index (χ0n) is 6.03. The van der Waals surface area contributed by atoms with Gasteiger partial charge in [0.2, 0.25) is 0 Å². The molecule has 1 fully saturated rings. The summed E-state index contributed by atoms with van der Waals surface area (Å²) in [7, 11) is 0. The minimum Gasteiger partial charge on any atom is -0.393 e. The molecule has 0 unspecified atom stereocenters. The number of rotatable bonds is 1. The largest absolute Gasteiger partial charge is 0.393 e. The first-order valence-corrected chi connectivity index (χ1v) is 3.93. The molecule has 0 spiro atoms. The Morgan fingerprint density at radius 3 is 2.30 bits per heavy atom. The molecule has 10 heavy (non-hydrogen) atoms. The molecule has 2 heteroatoms. The van der Waals surface area contributed by atoms with E-state index >= 15 is 0 Å². The summed E-state index contributed by atoms with van der Waals surface area (Å²) in [5, 5.41) is 9.03. The second-order valence-electron chi connectivity index (χ2n) is 3.20. The summed E-state index contributed by atoms with van der Waals surface area (Å²) in [4.78, 5) is 2.41. The molecule has 56 valence electrons. The highest BCUT2D eigenvalue weighted by molar-refractivity contribution is 5.00. The topological polar surface area (TPSA) is 23.5 Å². The summed E-state index contributed by atoms with van der Waals surface area (Å²) < 4.78 is 0. The van der Waals surface area contributed by atoms with E-state index < -0.39 is 0 Å². The van der Waals surface area contributed by atoms with Gasteiger partial charge in [0, 0.05) is 19.1 Å². The molecule has 1 heterocycles. The van der Waals surface area contributed by atoms with Crippen LogP contribution in [0.4, 0.5) is 0 Å². The average molecular weight is 139 g/mol. The molecule has 0 amide bonds. The molecule has 2 aliphatic rings. The molecule has 1 aliphatic carbocycles. The van der Waals surface area contributed by atoms with Gasteiger partial charge < -0.3 is 5.11 Å². The van der Waals surface area contributed by atoms with E-state index in [9.17, 15) is 0 Å². The fraction of sp³-hybridized carbons (Fsp3) is 0.750. The Morgan fingerprint density at radius 2 is 1.80 bits per heavy atom. The lowest BCUT2D eigenvalue weighted by molar-refractivity contribution is 0.0135. The standard InChI is InChI=1S/C8H13NO/c10-8-5-7(6-8)9-3-1-2-4-9/h1-2,7-8,10H,3-6H2. The number of hydrogen-bond donors (Lipinski definition) is 1. The number of aliphatic hydroxyl groups excluding tert-OH is 1. The van der Waals surface area contributed by atoms with Gasteiger partial charge in [-0.3, -0.25) is 4.90 Å². The van der Waals surface area contributed by atoms with Crippen LogP contribution in [-0.2, 0) is 0 Å². The van der Waals surface area contributed by atoms with Crippen molar-refractivity contribution in [1.82, 2.24) is 4.90 Å². The highest BCUT2D eigenvalue weighted by atomic mass is 16.3. The Labute approximate surface area is 61.1 Å². The van der Waals surface area contributed by atoms with E-state index in [1.54, 1.807) is 0 Å². The lowest BCUT2D eigenvalue weighted by Crippen LogP contribution is -2.45. The smallest absolute Gasteiger partial charge is 0.0570 e. The fourth-order valence-corrected chi connectivity index (χ4v) is 1.65. The maximum Gasteiger partial charge on any atom is 0.0570 e. The maximum absolute atomic E-state index is 9.03. The SMILES string of the molecule is OC1CC(N2CC=CC2)C1. The minimum absolute atomic E-state index is 0.00870. The Hall–Kier alpha value is -0.340. The van der Waals surface area contributed by atoms with E-state index in [4.69, 9.17) is 5.11 Å². The summed E-state index contributed by atoms with van der Waals surface area (Å²) in [5.41, 5.74) is 0. The first kappa shape index (κ1) is 6.38. The van der Waals surface area contributed by atoms with E-state index in [-0.39, 0.29) is 6.10 Å². The van der Waals surface area contributed by atoms with Crippen LogP contribution in [0.2, 0.25) is 0 Å². The first-order valence-electron chi connectivity index (χ1n) is 3.93. The molecule has 0 bridgehead atoms. The second-order valence-corrected chi connectivity index (χ2v) is 3.20. The van der Waals surface area contributed by atoms with Crippen LogP contribution >= 0.6 is 0 Å². The van der Waals surface area contributed by atoms with Gasteiger partial charge in [-0.15, -0.1) is 0 Å². The lowest BCUT2D eigenvalue weighted by atomic mass is 9.88. The molecule has 0 aromatic rings. The van der Waals surface area contributed by atoms with Crippen LogP contribution in [-0.4, -0.2) is 35.2 Å². The van der Waals surface area contributed by atoms with E-state index in [1.807, 2.05) is 0 Å². The quantitative estimate of drug-likeness (QED) is 0.531. The van der Waals surface area contributed by atoms with Gasteiger partial charge in [-0.05, 0) is 12.8 Å². The normalized spacial score (nSPS) is 40.1. The first-order chi connectivity index (χ1) is 4.86. The van der Waals surface area contributed by atoms with Crippen LogP contribution in [0.5, 0.6) is 0 Å². The maximum atomic E-state index is 9.03. The van der Waals surface area contributed by atoms with Crippen LogP contribution in [0, 0.1) is 0 Å². The number of nitrogens with zero attached hydrogens (tertiary/aromatic N) is 1. The van der Waals surface area contributed by atoms with Crippen molar-refractivity contribution in [3.05, 3.63) is 12.2 Å². The molecule has 0 aromatic carbocycles. The third-order valence-electron chi connectivity index (χ3n) is 2.45. The molecule has 1 saturated carbocycles. The molecular formula is C8H13NO. The van der Waals surface area contributed by atoms with Gasteiger partial charge in [0.05, 0.1) is 6.10 Å². The molecule has 0 radical (unpaired) electrons. The second kappa shape index (κ2) is 2.36. The fourth-order valence-electron chi connectivity index (χ4n) is 1.65. The van der Waals surface area contributed by atoms with Gasteiger partial charge in [0.1, 0.15) is 0 Å². The molecule has 0 saturated heterocycles. The van der Waals surface area contributed by atoms with E-state index in [1.165, 1.54) is 0 Å². The highest BCUT2D eigenvalue weighted by Gasteiger charge is 2.31. The highest BCUT2D eigenvalue weighted by Crippen LogP contribution is 2.26. The minimum atomic E-state index is -0.00870. The van der Waals surface area contributed by atoms with Crippen LogP contribution in [0.3, 0.4) is 0 Å². The summed E-state index contributed by atoms with van der Waals surface area (Å²) in [5.74, 6) is 0. The summed E-state index contributed by atoms with van der Waals surface area (Å²) in [6.07, 6.45) is 6.37. The van der Waals surface area contributed by atoms with E-state index in [0.29, 0.717) is 6.04 Å². The van der Waals surface area contributed by atoms with Crippen molar-refractivity contribution in [3.63, 3.8) is 0 Å². The molecule has 2 rings (SSSR count). The third-order valence-corrected chi connectivity index (χ3v) is 2.45. The summed E-state index contributed by atoms with van der Waals surface area (Å²) >= 11 is 0. The predicted molar refractivity (Wildman–Crippen MR) is 39.7 cm³/mol. The van der Waals surface area contributed by atoms with Crippen molar-refractivity contribution in [1.29, 1.82) is 0 Å². The Kier molecular flexibility index (Phi) is 1.51. The zero-order valence-corrected chi connectivity index (χ0v) is 6.03. The van der Waals surface area contributed by atoms with Crippen molar-refractivity contribution in [2.24, 2.45) is 0 Å². The van der Waals surface area contributed by atoms with Crippen LogP contribution < -0.4 is 0 Å². The van der Waals surface area contributed by atoms with Crippen molar-refractivity contribution in [2.75, 3.05) is 13.1 Å².